The SMILES string of the molecule is CC(NC(=O)NCc1cccc(C(F)(F)F)c1)c1ccccc1. The lowest BCUT2D eigenvalue weighted by molar-refractivity contribution is -0.137. The van der Waals surface area contributed by atoms with Crippen LogP contribution in [0.5, 0.6) is 0 Å². The lowest BCUT2D eigenvalue weighted by Crippen LogP contribution is -2.36. The first-order chi connectivity index (χ1) is 10.9. The third-order valence-corrected chi connectivity index (χ3v) is 3.35. The fourth-order valence-corrected chi connectivity index (χ4v) is 2.11. The first-order valence-corrected chi connectivity index (χ1v) is 7.11. The van der Waals surface area contributed by atoms with Crippen LogP contribution in [-0.4, -0.2) is 6.03 Å². The largest absolute Gasteiger partial charge is 0.416 e. The van der Waals surface area contributed by atoms with Gasteiger partial charge in [-0.1, -0.05) is 42.5 Å². The summed E-state index contributed by atoms with van der Waals surface area (Å²) in [5.74, 6) is 0. The Morgan fingerprint density at radius 1 is 1.09 bits per heavy atom. The van der Waals surface area contributed by atoms with Gasteiger partial charge in [0.15, 0.2) is 0 Å². The highest BCUT2D eigenvalue weighted by Crippen LogP contribution is 2.29. The third kappa shape index (κ3) is 5.02. The summed E-state index contributed by atoms with van der Waals surface area (Å²) in [5.41, 5.74) is 0.610. The highest BCUT2D eigenvalue weighted by molar-refractivity contribution is 5.74. The Hall–Kier alpha value is -2.50. The highest BCUT2D eigenvalue weighted by Gasteiger charge is 2.30. The predicted octanol–water partition coefficient (Wildman–Crippen LogP) is 4.27. The molecule has 0 saturated carbocycles. The van der Waals surface area contributed by atoms with Crippen molar-refractivity contribution >= 4 is 6.03 Å². The Bertz CT molecular complexity index is 656. The normalized spacial score (nSPS) is 12.5. The summed E-state index contributed by atoms with van der Waals surface area (Å²) in [6, 6.07) is 13.7. The van der Waals surface area contributed by atoms with Crippen molar-refractivity contribution < 1.29 is 18.0 Å². The number of rotatable bonds is 4. The van der Waals surface area contributed by atoms with Gasteiger partial charge in [-0.3, -0.25) is 0 Å². The first-order valence-electron chi connectivity index (χ1n) is 7.11. The Morgan fingerprint density at radius 3 is 2.43 bits per heavy atom. The Labute approximate surface area is 132 Å². The molecule has 2 N–H and O–H groups in total. The summed E-state index contributed by atoms with van der Waals surface area (Å²) in [6.07, 6.45) is -4.39. The molecular weight excluding hydrogens is 305 g/mol. The topological polar surface area (TPSA) is 41.1 Å². The van der Waals surface area contributed by atoms with Crippen molar-refractivity contribution in [3.05, 3.63) is 71.3 Å². The number of benzene rings is 2. The molecule has 1 unspecified atom stereocenters. The van der Waals surface area contributed by atoms with Crippen LogP contribution in [0.2, 0.25) is 0 Å². The average Bonchev–Trinajstić information content (AvgIpc) is 2.53. The smallest absolute Gasteiger partial charge is 0.334 e. The lowest BCUT2D eigenvalue weighted by Gasteiger charge is -2.15. The van der Waals surface area contributed by atoms with Gasteiger partial charge in [-0.2, -0.15) is 13.2 Å². The van der Waals surface area contributed by atoms with E-state index in [9.17, 15) is 18.0 Å². The van der Waals surface area contributed by atoms with Crippen LogP contribution in [0.1, 0.15) is 29.7 Å². The van der Waals surface area contributed by atoms with E-state index in [0.717, 1.165) is 17.7 Å². The van der Waals surface area contributed by atoms with Crippen LogP contribution in [-0.2, 0) is 12.7 Å². The monoisotopic (exact) mass is 322 g/mol. The fraction of sp³-hybridized carbons (Fsp3) is 0.235. The van der Waals surface area contributed by atoms with Crippen LogP contribution < -0.4 is 10.6 Å². The van der Waals surface area contributed by atoms with Gasteiger partial charge in [-0.25, -0.2) is 4.79 Å². The third-order valence-electron chi connectivity index (χ3n) is 3.35. The molecule has 0 bridgehead atoms. The van der Waals surface area contributed by atoms with Gasteiger partial charge in [0.25, 0.3) is 0 Å². The van der Waals surface area contributed by atoms with E-state index in [1.165, 1.54) is 12.1 Å². The zero-order valence-corrected chi connectivity index (χ0v) is 12.5. The Kier molecular flexibility index (Phi) is 5.26. The molecule has 2 aromatic rings. The summed E-state index contributed by atoms with van der Waals surface area (Å²) >= 11 is 0. The molecule has 3 nitrogen and oxygen atoms in total. The summed E-state index contributed by atoms with van der Waals surface area (Å²) in [6.45, 7) is 1.86. The average molecular weight is 322 g/mol. The standard InChI is InChI=1S/C17H17F3N2O/c1-12(14-7-3-2-4-8-14)22-16(23)21-11-13-6-5-9-15(10-13)17(18,19)20/h2-10,12H,11H2,1H3,(H2,21,22,23). The molecule has 0 aliphatic rings. The molecule has 122 valence electrons. The quantitative estimate of drug-likeness (QED) is 0.867. The van der Waals surface area contributed by atoms with Crippen LogP contribution in [0.3, 0.4) is 0 Å². The summed E-state index contributed by atoms with van der Waals surface area (Å²) in [7, 11) is 0. The lowest BCUT2D eigenvalue weighted by atomic mass is 10.1. The van der Waals surface area contributed by atoms with E-state index >= 15 is 0 Å². The number of carbonyl (C=O) groups excluding carboxylic acids is 1. The maximum absolute atomic E-state index is 12.6. The summed E-state index contributed by atoms with van der Waals surface area (Å²) in [5, 5.41) is 5.30. The molecule has 0 spiro atoms. The maximum Gasteiger partial charge on any atom is 0.416 e. The summed E-state index contributed by atoms with van der Waals surface area (Å²) < 4.78 is 37.9. The number of hydrogen-bond acceptors (Lipinski definition) is 1. The van der Waals surface area contributed by atoms with Gasteiger partial charge >= 0.3 is 12.2 Å². The second kappa shape index (κ2) is 7.17. The van der Waals surface area contributed by atoms with E-state index in [2.05, 4.69) is 10.6 Å². The molecule has 23 heavy (non-hydrogen) atoms. The van der Waals surface area contributed by atoms with Crippen molar-refractivity contribution in [2.45, 2.75) is 25.7 Å². The zero-order valence-electron chi connectivity index (χ0n) is 12.5. The summed E-state index contributed by atoms with van der Waals surface area (Å²) in [4.78, 5) is 11.8. The van der Waals surface area contributed by atoms with Gasteiger partial charge in [0.2, 0.25) is 0 Å². The number of carbonyl (C=O) groups is 1. The second-order valence-corrected chi connectivity index (χ2v) is 5.16. The molecule has 2 rings (SSSR count). The molecule has 0 aliphatic carbocycles. The van der Waals surface area contributed by atoms with Crippen LogP contribution >= 0.6 is 0 Å². The number of urea groups is 1. The van der Waals surface area contributed by atoms with Crippen molar-refractivity contribution in [1.82, 2.24) is 10.6 Å². The minimum atomic E-state index is -4.39. The molecule has 0 radical (unpaired) electrons. The second-order valence-electron chi connectivity index (χ2n) is 5.16. The molecule has 0 aliphatic heterocycles. The predicted molar refractivity (Wildman–Crippen MR) is 81.7 cm³/mol. The highest BCUT2D eigenvalue weighted by atomic mass is 19.4. The molecule has 0 saturated heterocycles. The van der Waals surface area contributed by atoms with E-state index in [-0.39, 0.29) is 12.6 Å². The van der Waals surface area contributed by atoms with Gasteiger partial charge in [-0.15, -0.1) is 0 Å². The number of alkyl halides is 3. The maximum atomic E-state index is 12.6. The van der Waals surface area contributed by atoms with Crippen molar-refractivity contribution in [3.63, 3.8) is 0 Å². The van der Waals surface area contributed by atoms with E-state index in [0.29, 0.717) is 5.56 Å². The van der Waals surface area contributed by atoms with Crippen LogP contribution in [0.4, 0.5) is 18.0 Å². The van der Waals surface area contributed by atoms with Gasteiger partial charge in [0.1, 0.15) is 0 Å². The van der Waals surface area contributed by atoms with Crippen LogP contribution in [0, 0.1) is 0 Å². The van der Waals surface area contributed by atoms with Crippen molar-refractivity contribution in [2.24, 2.45) is 0 Å². The van der Waals surface area contributed by atoms with E-state index in [1.807, 2.05) is 37.3 Å². The van der Waals surface area contributed by atoms with Crippen molar-refractivity contribution in [2.75, 3.05) is 0 Å². The van der Waals surface area contributed by atoms with Gasteiger partial charge in [0, 0.05) is 6.54 Å². The Balaban J connectivity index is 1.90. The number of nitrogens with one attached hydrogen (secondary N) is 2. The van der Waals surface area contributed by atoms with Gasteiger partial charge < -0.3 is 10.6 Å². The molecule has 0 heterocycles. The molecule has 0 aromatic heterocycles. The first kappa shape index (κ1) is 16.9. The molecule has 0 fully saturated rings. The minimum Gasteiger partial charge on any atom is -0.334 e. The van der Waals surface area contributed by atoms with E-state index in [4.69, 9.17) is 0 Å². The van der Waals surface area contributed by atoms with Gasteiger partial charge in [0.05, 0.1) is 11.6 Å². The molecule has 6 heteroatoms. The number of hydrogen-bond donors (Lipinski definition) is 2. The van der Waals surface area contributed by atoms with Crippen LogP contribution in [0.25, 0.3) is 0 Å². The molecular formula is C17H17F3N2O. The minimum absolute atomic E-state index is 0.0251. The number of halogens is 3. The molecule has 2 amide bonds. The fourth-order valence-electron chi connectivity index (χ4n) is 2.11. The van der Waals surface area contributed by atoms with Crippen molar-refractivity contribution in [3.8, 4) is 0 Å². The van der Waals surface area contributed by atoms with E-state index < -0.39 is 17.8 Å². The zero-order chi connectivity index (χ0) is 16.9. The van der Waals surface area contributed by atoms with Crippen LogP contribution in [0.15, 0.2) is 54.6 Å². The van der Waals surface area contributed by atoms with Gasteiger partial charge in [-0.05, 0) is 30.2 Å². The van der Waals surface area contributed by atoms with E-state index in [1.54, 1.807) is 0 Å². The Morgan fingerprint density at radius 2 is 1.78 bits per heavy atom. The van der Waals surface area contributed by atoms with Crippen molar-refractivity contribution in [1.29, 1.82) is 0 Å². The number of amides is 2. The molecule has 1 atom stereocenters. The molecule has 2 aromatic carbocycles.